The number of carboxylic acid groups (broad SMARTS) is 2. The number of aliphatic hydroxyl groups excluding tert-OH is 1. The van der Waals surface area contributed by atoms with Crippen molar-refractivity contribution in [3.63, 3.8) is 0 Å². The molecule has 14 nitrogen and oxygen atoms in total. The number of phenols is 2. The van der Waals surface area contributed by atoms with Crippen LogP contribution in [0.15, 0.2) is 48.5 Å². The minimum atomic E-state index is -1.18. The third-order valence-corrected chi connectivity index (χ3v) is 5.36. The highest BCUT2D eigenvalue weighted by Crippen LogP contribution is 2.17. The Balaban J connectivity index is 1.82. The van der Waals surface area contributed by atoms with E-state index in [0.29, 0.717) is 11.1 Å². The third kappa shape index (κ3) is 9.60. The van der Waals surface area contributed by atoms with E-state index in [1.165, 1.54) is 24.3 Å². The predicted molar refractivity (Wildman–Crippen MR) is 140 cm³/mol. The van der Waals surface area contributed by atoms with E-state index in [1.54, 1.807) is 24.3 Å². The van der Waals surface area contributed by atoms with Gasteiger partial charge >= 0.3 is 11.9 Å². The van der Waals surface area contributed by atoms with E-state index in [9.17, 15) is 30.0 Å². The highest BCUT2D eigenvalue weighted by molar-refractivity contribution is 5.78. The SMILES string of the molecule is O=C(O)[C@H](Cc1ccc(O)cc1)Nc1nc(NCCOCCO)nc(N[C@@H](Cc2ccc(O)cc2)C(=O)O)n1. The molecule has 208 valence electrons. The summed E-state index contributed by atoms with van der Waals surface area (Å²) >= 11 is 0. The summed E-state index contributed by atoms with van der Waals surface area (Å²) in [6, 6.07) is 9.83. The van der Waals surface area contributed by atoms with E-state index in [1.807, 2.05) is 0 Å². The van der Waals surface area contributed by atoms with Crippen LogP contribution in [0.2, 0.25) is 0 Å². The molecule has 0 aliphatic heterocycles. The Morgan fingerprint density at radius 1 is 0.718 bits per heavy atom. The van der Waals surface area contributed by atoms with E-state index in [-0.39, 0.29) is 68.6 Å². The largest absolute Gasteiger partial charge is 0.508 e. The summed E-state index contributed by atoms with van der Waals surface area (Å²) < 4.78 is 5.20. The van der Waals surface area contributed by atoms with Crippen molar-refractivity contribution in [2.75, 3.05) is 42.3 Å². The number of benzene rings is 2. The molecule has 0 aliphatic rings. The topological polar surface area (TPSA) is 219 Å². The molecule has 0 unspecified atom stereocenters. The van der Waals surface area contributed by atoms with Gasteiger partial charge < -0.3 is 46.2 Å². The van der Waals surface area contributed by atoms with Gasteiger partial charge in [0.2, 0.25) is 17.8 Å². The van der Waals surface area contributed by atoms with Gasteiger partial charge in [-0.1, -0.05) is 24.3 Å². The molecule has 0 radical (unpaired) electrons. The second-order valence-corrected chi connectivity index (χ2v) is 8.38. The number of nitrogens with one attached hydrogen (secondary N) is 3. The Morgan fingerprint density at radius 2 is 1.15 bits per heavy atom. The van der Waals surface area contributed by atoms with E-state index < -0.39 is 24.0 Å². The van der Waals surface area contributed by atoms with Crippen LogP contribution in [0.4, 0.5) is 17.8 Å². The molecule has 0 saturated carbocycles. The van der Waals surface area contributed by atoms with E-state index in [0.717, 1.165) is 0 Å². The standard InChI is InChI=1S/C25H30N6O8/c32-10-12-39-11-9-26-23-29-24(27-19(21(35)36)13-15-1-5-17(33)6-2-15)31-25(30-23)28-20(22(37)38)14-16-3-7-18(34)8-4-16/h1-8,19-20,32-34H,9-14H2,(H,35,36)(H,37,38)(H3,26,27,28,29,30,31)/t19-,20-/m0/s1. The fraction of sp³-hybridized carbons (Fsp3) is 0.320. The van der Waals surface area contributed by atoms with Crippen molar-refractivity contribution in [3.8, 4) is 11.5 Å². The van der Waals surface area contributed by atoms with Crippen LogP contribution in [0.3, 0.4) is 0 Å². The second kappa shape index (κ2) is 14.3. The molecule has 0 aliphatic carbocycles. The van der Waals surface area contributed by atoms with Gasteiger partial charge in [0.15, 0.2) is 0 Å². The molecule has 2 aromatic carbocycles. The monoisotopic (exact) mass is 542 g/mol. The van der Waals surface area contributed by atoms with Crippen LogP contribution in [0.1, 0.15) is 11.1 Å². The van der Waals surface area contributed by atoms with Crippen LogP contribution in [-0.2, 0) is 27.2 Å². The summed E-state index contributed by atoms with van der Waals surface area (Å²) in [7, 11) is 0. The number of hydrogen-bond acceptors (Lipinski definition) is 12. The van der Waals surface area contributed by atoms with Crippen molar-refractivity contribution in [3.05, 3.63) is 59.7 Å². The number of aromatic nitrogens is 3. The van der Waals surface area contributed by atoms with Crippen molar-refractivity contribution in [1.29, 1.82) is 0 Å². The maximum atomic E-state index is 12.0. The number of anilines is 3. The smallest absolute Gasteiger partial charge is 0.326 e. The number of aliphatic hydroxyl groups is 1. The number of phenolic OH excluding ortho intramolecular Hbond substituents is 2. The first-order chi connectivity index (χ1) is 18.7. The number of carboxylic acids is 2. The van der Waals surface area contributed by atoms with E-state index >= 15 is 0 Å². The molecule has 3 rings (SSSR count). The molecule has 3 aromatic rings. The highest BCUT2D eigenvalue weighted by atomic mass is 16.5. The fourth-order valence-electron chi connectivity index (χ4n) is 3.43. The average molecular weight is 543 g/mol. The zero-order valence-electron chi connectivity index (χ0n) is 20.8. The maximum absolute atomic E-state index is 12.0. The number of carbonyl (C=O) groups is 2. The van der Waals surface area contributed by atoms with Gasteiger partial charge in [0, 0.05) is 19.4 Å². The van der Waals surface area contributed by atoms with Crippen LogP contribution < -0.4 is 16.0 Å². The van der Waals surface area contributed by atoms with Gasteiger partial charge in [0.25, 0.3) is 0 Å². The lowest BCUT2D eigenvalue weighted by molar-refractivity contribution is -0.138. The first kappa shape index (κ1) is 28.9. The number of aromatic hydroxyl groups is 2. The second-order valence-electron chi connectivity index (χ2n) is 8.38. The number of nitrogens with zero attached hydrogens (tertiary/aromatic N) is 3. The lowest BCUT2D eigenvalue weighted by Crippen LogP contribution is -2.34. The van der Waals surface area contributed by atoms with Gasteiger partial charge in [0.05, 0.1) is 19.8 Å². The Labute approximate surface area is 223 Å². The van der Waals surface area contributed by atoms with E-state index in [2.05, 4.69) is 30.9 Å². The Bertz CT molecular complexity index is 1140. The van der Waals surface area contributed by atoms with Crippen molar-refractivity contribution in [2.24, 2.45) is 0 Å². The Hall–Kier alpha value is -4.69. The number of hydrogen-bond donors (Lipinski definition) is 8. The van der Waals surface area contributed by atoms with Crippen LogP contribution >= 0.6 is 0 Å². The van der Waals surface area contributed by atoms with Gasteiger partial charge in [-0.25, -0.2) is 9.59 Å². The molecular formula is C25H30N6O8. The summed E-state index contributed by atoms with van der Waals surface area (Å²) in [6.07, 6.45) is 0.0842. The van der Waals surface area contributed by atoms with Gasteiger partial charge in [-0.2, -0.15) is 15.0 Å². The molecule has 0 fully saturated rings. The molecule has 1 aromatic heterocycles. The summed E-state index contributed by atoms with van der Waals surface area (Å²) in [4.78, 5) is 36.5. The average Bonchev–Trinajstić information content (AvgIpc) is 2.90. The molecule has 0 bridgehead atoms. The molecule has 0 saturated heterocycles. The number of ether oxygens (including phenoxy) is 1. The van der Waals surface area contributed by atoms with Crippen LogP contribution in [-0.4, -0.2) is 90.9 Å². The lowest BCUT2D eigenvalue weighted by atomic mass is 10.1. The first-order valence-corrected chi connectivity index (χ1v) is 12.0. The Kier molecular flexibility index (Phi) is 10.6. The molecule has 39 heavy (non-hydrogen) atoms. The van der Waals surface area contributed by atoms with Gasteiger partial charge in [0.1, 0.15) is 23.6 Å². The molecule has 0 amide bonds. The summed E-state index contributed by atoms with van der Waals surface area (Å²) in [5, 5.41) is 55.7. The molecule has 8 N–H and O–H groups in total. The molecular weight excluding hydrogens is 512 g/mol. The number of rotatable bonds is 16. The van der Waals surface area contributed by atoms with Gasteiger partial charge in [-0.3, -0.25) is 0 Å². The van der Waals surface area contributed by atoms with Crippen molar-refractivity contribution >= 4 is 29.8 Å². The van der Waals surface area contributed by atoms with Gasteiger partial charge in [-0.05, 0) is 35.4 Å². The molecule has 14 heteroatoms. The highest BCUT2D eigenvalue weighted by Gasteiger charge is 2.23. The summed E-state index contributed by atoms with van der Waals surface area (Å²) in [5.41, 5.74) is 1.28. The quantitative estimate of drug-likeness (QED) is 0.118. The summed E-state index contributed by atoms with van der Waals surface area (Å²) in [6.45, 7) is 0.473. The minimum Gasteiger partial charge on any atom is -0.508 e. The van der Waals surface area contributed by atoms with Crippen molar-refractivity contribution in [2.45, 2.75) is 24.9 Å². The maximum Gasteiger partial charge on any atom is 0.326 e. The zero-order valence-corrected chi connectivity index (χ0v) is 20.8. The zero-order chi connectivity index (χ0) is 28.2. The van der Waals surface area contributed by atoms with Gasteiger partial charge in [-0.15, -0.1) is 0 Å². The molecule has 2 atom stereocenters. The lowest BCUT2D eigenvalue weighted by Gasteiger charge is -2.18. The summed E-state index contributed by atoms with van der Waals surface area (Å²) in [5.74, 6) is -2.47. The van der Waals surface area contributed by atoms with Crippen molar-refractivity contribution in [1.82, 2.24) is 15.0 Å². The van der Waals surface area contributed by atoms with Crippen LogP contribution in [0.5, 0.6) is 11.5 Å². The number of aliphatic carboxylic acids is 2. The van der Waals surface area contributed by atoms with Crippen molar-refractivity contribution < 1.29 is 39.9 Å². The molecule has 1 heterocycles. The third-order valence-electron chi connectivity index (χ3n) is 5.36. The molecule has 0 spiro atoms. The first-order valence-electron chi connectivity index (χ1n) is 12.0. The fourth-order valence-corrected chi connectivity index (χ4v) is 3.43. The predicted octanol–water partition coefficient (Wildman–Crippen LogP) is 0.919. The normalized spacial score (nSPS) is 12.3. The van der Waals surface area contributed by atoms with Crippen LogP contribution in [0, 0.1) is 0 Å². The van der Waals surface area contributed by atoms with E-state index in [4.69, 9.17) is 9.84 Å². The minimum absolute atomic E-state index is 0.0325. The van der Waals surface area contributed by atoms with Crippen LogP contribution in [0.25, 0.3) is 0 Å². The Morgan fingerprint density at radius 3 is 1.56 bits per heavy atom.